The second-order valence-corrected chi connectivity index (χ2v) is 5.72. The van der Waals surface area contributed by atoms with E-state index >= 15 is 0 Å². The molecule has 5 aromatic rings. The van der Waals surface area contributed by atoms with Crippen molar-refractivity contribution in [2.24, 2.45) is 0 Å². The molecule has 0 saturated heterocycles. The van der Waals surface area contributed by atoms with Gasteiger partial charge in [-0.2, -0.15) is 0 Å². The first-order chi connectivity index (χ1) is 12.3. The molecule has 3 aromatic heterocycles. The summed E-state index contributed by atoms with van der Waals surface area (Å²) in [6.45, 7) is 0. The van der Waals surface area contributed by atoms with Gasteiger partial charge in [0.2, 0.25) is 5.89 Å². The highest BCUT2D eigenvalue weighted by atomic mass is 16.5. The molecule has 25 heavy (non-hydrogen) atoms. The zero-order valence-corrected chi connectivity index (χ0v) is 13.4. The molecule has 0 amide bonds. The standard InChI is InChI=1S/C20H13N3O2/c1-24-13-8-6-12(7-9-13)20-23-18-16-14(4-2-10-21-16)15-5-3-11-22-17(15)19(18)25-20/h2-11H,1H3. The summed E-state index contributed by atoms with van der Waals surface area (Å²) in [5.41, 5.74) is 3.89. The summed E-state index contributed by atoms with van der Waals surface area (Å²) in [7, 11) is 1.64. The van der Waals surface area contributed by atoms with Gasteiger partial charge in [-0.1, -0.05) is 12.1 Å². The minimum Gasteiger partial charge on any atom is -0.497 e. The van der Waals surface area contributed by atoms with Crippen molar-refractivity contribution >= 4 is 32.9 Å². The van der Waals surface area contributed by atoms with Crippen LogP contribution in [0.3, 0.4) is 0 Å². The molecule has 0 radical (unpaired) electrons. The van der Waals surface area contributed by atoms with Crippen molar-refractivity contribution in [2.75, 3.05) is 7.11 Å². The largest absolute Gasteiger partial charge is 0.497 e. The summed E-state index contributed by atoms with van der Waals surface area (Å²) in [6, 6.07) is 15.5. The van der Waals surface area contributed by atoms with Crippen molar-refractivity contribution in [3.8, 4) is 17.2 Å². The Morgan fingerprint density at radius 2 is 1.48 bits per heavy atom. The highest BCUT2D eigenvalue weighted by molar-refractivity contribution is 6.20. The molecule has 120 valence electrons. The van der Waals surface area contributed by atoms with Crippen LogP contribution in [0.1, 0.15) is 0 Å². The van der Waals surface area contributed by atoms with E-state index in [0.29, 0.717) is 11.5 Å². The molecule has 0 bridgehead atoms. The molecule has 0 aliphatic rings. The number of hydrogen-bond donors (Lipinski definition) is 0. The van der Waals surface area contributed by atoms with Crippen LogP contribution in [0.25, 0.3) is 44.4 Å². The Bertz CT molecular complexity index is 1150. The Balaban J connectivity index is 1.86. The van der Waals surface area contributed by atoms with Gasteiger partial charge in [0.1, 0.15) is 22.3 Å². The molecule has 0 fully saturated rings. The highest BCUT2D eigenvalue weighted by Crippen LogP contribution is 2.35. The molecule has 3 heterocycles. The molecule has 5 rings (SSSR count). The highest BCUT2D eigenvalue weighted by Gasteiger charge is 2.17. The van der Waals surface area contributed by atoms with Gasteiger partial charge in [-0.15, -0.1) is 0 Å². The summed E-state index contributed by atoms with van der Waals surface area (Å²) in [6.07, 6.45) is 3.53. The van der Waals surface area contributed by atoms with Crippen LogP contribution in [0.4, 0.5) is 0 Å². The first kappa shape index (κ1) is 13.9. The number of hydrogen-bond acceptors (Lipinski definition) is 5. The van der Waals surface area contributed by atoms with E-state index < -0.39 is 0 Å². The van der Waals surface area contributed by atoms with Crippen LogP contribution in [0.15, 0.2) is 65.3 Å². The van der Waals surface area contributed by atoms with E-state index in [2.05, 4.69) is 9.97 Å². The van der Waals surface area contributed by atoms with Crippen LogP contribution in [0.5, 0.6) is 5.75 Å². The fourth-order valence-electron chi connectivity index (χ4n) is 3.11. The fourth-order valence-corrected chi connectivity index (χ4v) is 3.11. The Labute approximate surface area is 142 Å². The molecule has 5 heteroatoms. The molecular formula is C20H13N3O2. The lowest BCUT2D eigenvalue weighted by Crippen LogP contribution is -1.85. The molecule has 0 atom stereocenters. The van der Waals surface area contributed by atoms with Crippen LogP contribution in [-0.4, -0.2) is 22.1 Å². The average Bonchev–Trinajstić information content (AvgIpc) is 3.14. The molecule has 0 unspecified atom stereocenters. The van der Waals surface area contributed by atoms with E-state index in [0.717, 1.165) is 38.6 Å². The van der Waals surface area contributed by atoms with Gasteiger partial charge in [-0.05, 0) is 36.4 Å². The summed E-state index contributed by atoms with van der Waals surface area (Å²) in [5.74, 6) is 1.34. The van der Waals surface area contributed by atoms with E-state index in [9.17, 15) is 0 Å². The average molecular weight is 327 g/mol. The van der Waals surface area contributed by atoms with Crippen molar-refractivity contribution in [3.05, 3.63) is 60.9 Å². The number of aromatic nitrogens is 3. The van der Waals surface area contributed by atoms with Crippen molar-refractivity contribution in [1.82, 2.24) is 15.0 Å². The van der Waals surface area contributed by atoms with E-state index in [1.807, 2.05) is 48.5 Å². The van der Waals surface area contributed by atoms with E-state index in [-0.39, 0.29) is 0 Å². The maximum Gasteiger partial charge on any atom is 0.227 e. The minimum absolute atomic E-state index is 0.544. The molecule has 5 nitrogen and oxygen atoms in total. The number of rotatable bonds is 2. The summed E-state index contributed by atoms with van der Waals surface area (Å²) in [4.78, 5) is 13.7. The number of methoxy groups -OCH3 is 1. The van der Waals surface area contributed by atoms with Gasteiger partial charge in [-0.3, -0.25) is 9.97 Å². The predicted octanol–water partition coefficient (Wildman–Crippen LogP) is 4.60. The lowest BCUT2D eigenvalue weighted by molar-refractivity contribution is 0.415. The first-order valence-corrected chi connectivity index (χ1v) is 7.91. The second-order valence-electron chi connectivity index (χ2n) is 5.72. The van der Waals surface area contributed by atoms with Gasteiger partial charge in [-0.25, -0.2) is 4.98 Å². The number of oxazole rings is 1. The normalized spacial score (nSPS) is 11.4. The third kappa shape index (κ3) is 2.06. The topological polar surface area (TPSA) is 61.0 Å². The van der Waals surface area contributed by atoms with Crippen LogP contribution >= 0.6 is 0 Å². The monoisotopic (exact) mass is 327 g/mol. The summed E-state index contributed by atoms with van der Waals surface area (Å²) >= 11 is 0. The smallest absolute Gasteiger partial charge is 0.227 e. The summed E-state index contributed by atoms with van der Waals surface area (Å²) in [5, 5.41) is 2.03. The van der Waals surface area contributed by atoms with Gasteiger partial charge in [0.15, 0.2) is 5.58 Å². The van der Waals surface area contributed by atoms with Crippen LogP contribution in [0, 0.1) is 0 Å². The van der Waals surface area contributed by atoms with E-state index in [4.69, 9.17) is 14.1 Å². The van der Waals surface area contributed by atoms with Gasteiger partial charge in [0, 0.05) is 28.7 Å². The van der Waals surface area contributed by atoms with Crippen molar-refractivity contribution in [3.63, 3.8) is 0 Å². The molecule has 0 saturated carbocycles. The lowest BCUT2D eigenvalue weighted by atomic mass is 10.1. The molecule has 0 spiro atoms. The number of benzene rings is 2. The minimum atomic E-state index is 0.544. The SMILES string of the molecule is COc1ccc(-c2nc3c4ncccc4c4cccnc4c3o2)cc1. The maximum absolute atomic E-state index is 6.09. The van der Waals surface area contributed by atoms with Gasteiger partial charge < -0.3 is 9.15 Å². The fraction of sp³-hybridized carbons (Fsp3) is 0.0500. The Hall–Kier alpha value is -3.47. The summed E-state index contributed by atoms with van der Waals surface area (Å²) < 4.78 is 11.3. The number of nitrogens with zero attached hydrogens (tertiary/aromatic N) is 3. The van der Waals surface area contributed by atoms with Crippen LogP contribution < -0.4 is 4.74 Å². The van der Waals surface area contributed by atoms with Crippen molar-refractivity contribution < 1.29 is 9.15 Å². The second kappa shape index (κ2) is 5.27. The Morgan fingerprint density at radius 1 is 0.800 bits per heavy atom. The third-order valence-electron chi connectivity index (χ3n) is 4.31. The Morgan fingerprint density at radius 3 is 2.20 bits per heavy atom. The van der Waals surface area contributed by atoms with Crippen LogP contribution in [0.2, 0.25) is 0 Å². The first-order valence-electron chi connectivity index (χ1n) is 7.91. The van der Waals surface area contributed by atoms with E-state index in [1.165, 1.54) is 0 Å². The Kier molecular flexibility index (Phi) is 2.94. The molecule has 0 N–H and O–H groups in total. The predicted molar refractivity (Wildman–Crippen MR) is 96.6 cm³/mol. The molecule has 0 aliphatic heterocycles. The van der Waals surface area contributed by atoms with Gasteiger partial charge in [0.25, 0.3) is 0 Å². The number of ether oxygens (including phenoxy) is 1. The zero-order valence-electron chi connectivity index (χ0n) is 13.4. The molecule has 2 aromatic carbocycles. The van der Waals surface area contributed by atoms with E-state index in [1.54, 1.807) is 19.5 Å². The van der Waals surface area contributed by atoms with Crippen LogP contribution in [-0.2, 0) is 0 Å². The lowest BCUT2D eigenvalue weighted by Gasteiger charge is -2.02. The number of fused-ring (bicyclic) bond motifs is 6. The van der Waals surface area contributed by atoms with Crippen molar-refractivity contribution in [1.29, 1.82) is 0 Å². The van der Waals surface area contributed by atoms with Crippen molar-refractivity contribution in [2.45, 2.75) is 0 Å². The third-order valence-corrected chi connectivity index (χ3v) is 4.31. The van der Waals surface area contributed by atoms with Gasteiger partial charge >= 0.3 is 0 Å². The van der Waals surface area contributed by atoms with Gasteiger partial charge in [0.05, 0.1) is 7.11 Å². The molecule has 0 aliphatic carbocycles. The molecular weight excluding hydrogens is 314 g/mol. The maximum atomic E-state index is 6.09. The number of pyridine rings is 2. The zero-order chi connectivity index (χ0) is 16.8. The quantitative estimate of drug-likeness (QED) is 0.443.